The standard InChI is InChI=1S/C14H17NO4/c1-14(2,19)5-6-15-11-7-10(13(17)18)4-3-9(11)8-12(15)16/h3-4,7,19H,5-6,8H2,1-2H3,(H,17,18). The van der Waals surface area contributed by atoms with Crippen LogP contribution < -0.4 is 4.90 Å². The number of rotatable bonds is 4. The Morgan fingerprint density at radius 2 is 2.11 bits per heavy atom. The molecule has 2 N–H and O–H groups in total. The molecule has 1 aromatic rings. The van der Waals surface area contributed by atoms with Gasteiger partial charge in [0.15, 0.2) is 0 Å². The van der Waals surface area contributed by atoms with Crippen molar-refractivity contribution in [2.75, 3.05) is 11.4 Å². The van der Waals surface area contributed by atoms with E-state index in [4.69, 9.17) is 5.11 Å². The number of hydrogen-bond acceptors (Lipinski definition) is 3. The predicted molar refractivity (Wildman–Crippen MR) is 70.4 cm³/mol. The molecule has 0 bridgehead atoms. The zero-order valence-corrected chi connectivity index (χ0v) is 11.0. The Kier molecular flexibility index (Phi) is 3.32. The first kappa shape index (κ1) is 13.5. The third kappa shape index (κ3) is 2.93. The highest BCUT2D eigenvalue weighted by Gasteiger charge is 2.29. The SMILES string of the molecule is CC(C)(O)CCN1C(=O)Cc2ccc(C(=O)O)cc21. The number of carboxylic acids is 1. The molecule has 0 saturated carbocycles. The highest BCUT2D eigenvalue weighted by atomic mass is 16.4. The van der Waals surface area contributed by atoms with Gasteiger partial charge in [-0.3, -0.25) is 4.79 Å². The van der Waals surface area contributed by atoms with Gasteiger partial charge in [0.2, 0.25) is 5.91 Å². The minimum atomic E-state index is -1.01. The zero-order valence-electron chi connectivity index (χ0n) is 11.0. The first-order valence-electron chi connectivity index (χ1n) is 6.17. The topological polar surface area (TPSA) is 77.8 Å². The van der Waals surface area contributed by atoms with Gasteiger partial charge in [-0.25, -0.2) is 4.79 Å². The predicted octanol–water partition coefficient (Wildman–Crippen LogP) is 1.43. The quantitative estimate of drug-likeness (QED) is 0.861. The van der Waals surface area contributed by atoms with E-state index in [1.807, 2.05) is 0 Å². The van der Waals surface area contributed by atoms with E-state index in [0.717, 1.165) is 5.56 Å². The lowest BCUT2D eigenvalue weighted by atomic mass is 10.1. The van der Waals surface area contributed by atoms with Crippen LogP contribution in [0.3, 0.4) is 0 Å². The van der Waals surface area contributed by atoms with Gasteiger partial charge in [-0.05, 0) is 38.0 Å². The van der Waals surface area contributed by atoms with Gasteiger partial charge in [-0.1, -0.05) is 6.07 Å². The van der Waals surface area contributed by atoms with E-state index < -0.39 is 11.6 Å². The largest absolute Gasteiger partial charge is 0.478 e. The van der Waals surface area contributed by atoms with Crippen LogP contribution in [0.1, 0.15) is 36.2 Å². The minimum Gasteiger partial charge on any atom is -0.478 e. The number of carbonyl (C=O) groups is 2. The second-order valence-corrected chi connectivity index (χ2v) is 5.43. The number of aromatic carboxylic acids is 1. The highest BCUT2D eigenvalue weighted by molar-refractivity contribution is 6.03. The number of fused-ring (bicyclic) bond motifs is 1. The number of anilines is 1. The average Bonchev–Trinajstić information content (AvgIpc) is 2.60. The van der Waals surface area contributed by atoms with Crippen LogP contribution in [-0.2, 0) is 11.2 Å². The molecule has 19 heavy (non-hydrogen) atoms. The van der Waals surface area contributed by atoms with E-state index in [2.05, 4.69) is 0 Å². The van der Waals surface area contributed by atoms with Gasteiger partial charge in [0.05, 0.1) is 17.6 Å². The molecule has 0 unspecified atom stereocenters. The van der Waals surface area contributed by atoms with Gasteiger partial charge in [0, 0.05) is 12.2 Å². The smallest absolute Gasteiger partial charge is 0.335 e. The first-order chi connectivity index (χ1) is 8.78. The van der Waals surface area contributed by atoms with Crippen LogP contribution in [0, 0.1) is 0 Å². The van der Waals surface area contributed by atoms with Gasteiger partial charge in [-0.15, -0.1) is 0 Å². The van der Waals surface area contributed by atoms with Crippen LogP contribution in [-0.4, -0.2) is 34.2 Å². The Labute approximate surface area is 111 Å². The summed E-state index contributed by atoms with van der Waals surface area (Å²) in [6, 6.07) is 4.71. The molecule has 0 aliphatic carbocycles. The Morgan fingerprint density at radius 1 is 1.42 bits per heavy atom. The van der Waals surface area contributed by atoms with Gasteiger partial charge in [-0.2, -0.15) is 0 Å². The number of carboxylic acid groups (broad SMARTS) is 1. The second-order valence-electron chi connectivity index (χ2n) is 5.43. The monoisotopic (exact) mass is 263 g/mol. The lowest BCUT2D eigenvalue weighted by Crippen LogP contribution is -2.33. The van der Waals surface area contributed by atoms with Crippen molar-refractivity contribution in [3.05, 3.63) is 29.3 Å². The molecule has 5 nitrogen and oxygen atoms in total. The van der Waals surface area contributed by atoms with E-state index in [1.54, 1.807) is 24.8 Å². The summed E-state index contributed by atoms with van der Waals surface area (Å²) in [5.41, 5.74) is 0.801. The lowest BCUT2D eigenvalue weighted by molar-refractivity contribution is -0.117. The molecule has 0 saturated heterocycles. The third-order valence-corrected chi connectivity index (χ3v) is 3.21. The van der Waals surface area contributed by atoms with Crippen LogP contribution in [0.25, 0.3) is 0 Å². The number of carbonyl (C=O) groups excluding carboxylic acids is 1. The summed E-state index contributed by atoms with van der Waals surface area (Å²) in [6.45, 7) is 3.75. The Morgan fingerprint density at radius 3 is 2.68 bits per heavy atom. The van der Waals surface area contributed by atoms with Crippen molar-refractivity contribution in [3.8, 4) is 0 Å². The van der Waals surface area contributed by atoms with Crippen LogP contribution >= 0.6 is 0 Å². The summed E-state index contributed by atoms with van der Waals surface area (Å²) >= 11 is 0. The summed E-state index contributed by atoms with van der Waals surface area (Å²) in [4.78, 5) is 24.4. The molecule has 1 aliphatic rings. The van der Waals surface area contributed by atoms with Gasteiger partial charge < -0.3 is 15.1 Å². The minimum absolute atomic E-state index is 0.0539. The number of benzene rings is 1. The van der Waals surface area contributed by atoms with Crippen LogP contribution in [0.5, 0.6) is 0 Å². The van der Waals surface area contributed by atoms with E-state index in [1.165, 1.54) is 12.1 Å². The molecule has 0 aromatic heterocycles. The van der Waals surface area contributed by atoms with Crippen molar-refractivity contribution >= 4 is 17.6 Å². The van der Waals surface area contributed by atoms with Crippen molar-refractivity contribution in [2.24, 2.45) is 0 Å². The second kappa shape index (κ2) is 4.66. The number of nitrogens with zero attached hydrogens (tertiary/aromatic N) is 1. The van der Waals surface area contributed by atoms with Gasteiger partial charge in [0.1, 0.15) is 0 Å². The van der Waals surface area contributed by atoms with Crippen LogP contribution in [0.4, 0.5) is 5.69 Å². The van der Waals surface area contributed by atoms with Crippen molar-refractivity contribution in [1.29, 1.82) is 0 Å². The molecule has 5 heteroatoms. The average molecular weight is 263 g/mol. The van der Waals surface area contributed by atoms with Crippen molar-refractivity contribution in [1.82, 2.24) is 0 Å². The molecule has 0 radical (unpaired) electrons. The molecular weight excluding hydrogens is 246 g/mol. The fraction of sp³-hybridized carbons (Fsp3) is 0.429. The fourth-order valence-corrected chi connectivity index (χ4v) is 2.12. The molecule has 1 heterocycles. The maximum Gasteiger partial charge on any atom is 0.335 e. The summed E-state index contributed by atoms with van der Waals surface area (Å²) in [5, 5.41) is 18.7. The van der Waals surface area contributed by atoms with Gasteiger partial charge >= 0.3 is 5.97 Å². The molecule has 102 valence electrons. The van der Waals surface area contributed by atoms with Crippen LogP contribution in [0.15, 0.2) is 18.2 Å². The molecule has 0 spiro atoms. The van der Waals surface area contributed by atoms with E-state index in [9.17, 15) is 14.7 Å². The zero-order chi connectivity index (χ0) is 14.2. The van der Waals surface area contributed by atoms with Crippen molar-refractivity contribution in [3.63, 3.8) is 0 Å². The third-order valence-electron chi connectivity index (χ3n) is 3.21. The molecule has 1 aliphatic heterocycles. The Balaban J connectivity index is 2.26. The normalized spacial score (nSPS) is 14.7. The maximum atomic E-state index is 11.9. The lowest BCUT2D eigenvalue weighted by Gasteiger charge is -2.23. The van der Waals surface area contributed by atoms with E-state index in [0.29, 0.717) is 25.1 Å². The Bertz CT molecular complexity index is 531. The molecule has 1 amide bonds. The van der Waals surface area contributed by atoms with E-state index >= 15 is 0 Å². The van der Waals surface area contributed by atoms with Crippen molar-refractivity contribution in [2.45, 2.75) is 32.3 Å². The van der Waals surface area contributed by atoms with Crippen molar-refractivity contribution < 1.29 is 19.8 Å². The van der Waals surface area contributed by atoms with E-state index in [-0.39, 0.29) is 11.5 Å². The summed E-state index contributed by atoms with van der Waals surface area (Å²) in [5.74, 6) is -1.06. The molecular formula is C14H17NO4. The Hall–Kier alpha value is -1.88. The first-order valence-corrected chi connectivity index (χ1v) is 6.17. The number of aliphatic hydroxyl groups is 1. The number of amides is 1. The maximum absolute atomic E-state index is 11.9. The van der Waals surface area contributed by atoms with Crippen LogP contribution in [0.2, 0.25) is 0 Å². The molecule has 0 atom stereocenters. The van der Waals surface area contributed by atoms with Gasteiger partial charge in [0.25, 0.3) is 0 Å². The highest BCUT2D eigenvalue weighted by Crippen LogP contribution is 2.30. The molecule has 2 rings (SSSR count). The number of hydrogen-bond donors (Lipinski definition) is 2. The fourth-order valence-electron chi connectivity index (χ4n) is 2.12. The molecule has 0 fully saturated rings. The summed E-state index contributed by atoms with van der Waals surface area (Å²) in [6.07, 6.45) is 0.733. The summed E-state index contributed by atoms with van der Waals surface area (Å²) < 4.78 is 0. The summed E-state index contributed by atoms with van der Waals surface area (Å²) in [7, 11) is 0. The molecule has 1 aromatic carbocycles.